The average Bonchev–Trinajstić information content (AvgIpc) is 2.79. The Morgan fingerprint density at radius 1 is 1.12 bits per heavy atom. The summed E-state index contributed by atoms with van der Waals surface area (Å²) in [6, 6.07) is 11.5. The van der Waals surface area contributed by atoms with Crippen molar-refractivity contribution in [3.8, 4) is 0 Å². The number of rotatable bonds is 9. The zero-order valence-corrected chi connectivity index (χ0v) is 19.4. The molecule has 0 bridgehead atoms. The zero-order chi connectivity index (χ0) is 24.0. The number of H-pyrrole nitrogens is 1. The fourth-order valence-corrected chi connectivity index (χ4v) is 4.08. The number of benzene rings is 2. The smallest absolute Gasteiger partial charge is 0.328 e. The predicted molar refractivity (Wildman–Crippen MR) is 127 cm³/mol. The number of halogens is 2. The van der Waals surface area contributed by atoms with E-state index in [4.69, 9.17) is 27.9 Å². The van der Waals surface area contributed by atoms with Gasteiger partial charge >= 0.3 is 5.97 Å². The number of fused-ring (bicyclic) bond motifs is 1. The first-order valence-electron chi connectivity index (χ1n) is 10.4. The van der Waals surface area contributed by atoms with Crippen LogP contribution in [0.1, 0.15) is 31.2 Å². The number of hydrogen-bond donors (Lipinski definition) is 2. The molecule has 174 valence electrons. The SMILES string of the molecule is CCCC(CNC(=O)COC(=O)Cn1[nH]c(=O)c2ccccc2c1=O)c1ccc(Cl)cc1Cl. The quantitative estimate of drug-likeness (QED) is 0.446. The summed E-state index contributed by atoms with van der Waals surface area (Å²) in [5.41, 5.74) is -0.160. The maximum Gasteiger partial charge on any atom is 0.328 e. The highest BCUT2D eigenvalue weighted by Gasteiger charge is 2.17. The van der Waals surface area contributed by atoms with Gasteiger partial charge < -0.3 is 10.1 Å². The largest absolute Gasteiger partial charge is 0.454 e. The van der Waals surface area contributed by atoms with Crippen LogP contribution in [-0.2, 0) is 20.9 Å². The average molecular weight is 492 g/mol. The molecule has 0 aliphatic rings. The number of aromatic amines is 1. The third kappa shape index (κ3) is 6.24. The molecule has 8 nitrogen and oxygen atoms in total. The highest BCUT2D eigenvalue weighted by molar-refractivity contribution is 6.35. The molecule has 3 aromatic rings. The molecule has 0 spiro atoms. The van der Waals surface area contributed by atoms with Crippen molar-refractivity contribution in [2.45, 2.75) is 32.2 Å². The molecule has 1 amide bonds. The van der Waals surface area contributed by atoms with Crippen molar-refractivity contribution in [2.75, 3.05) is 13.2 Å². The molecule has 2 aromatic carbocycles. The Morgan fingerprint density at radius 2 is 1.85 bits per heavy atom. The van der Waals surface area contributed by atoms with Gasteiger partial charge in [-0.25, -0.2) is 4.68 Å². The Kier molecular flexibility index (Phi) is 8.30. The van der Waals surface area contributed by atoms with Gasteiger partial charge in [0.05, 0.1) is 10.8 Å². The van der Waals surface area contributed by atoms with Crippen molar-refractivity contribution in [1.82, 2.24) is 15.1 Å². The van der Waals surface area contributed by atoms with Crippen molar-refractivity contribution in [2.24, 2.45) is 0 Å². The van der Waals surface area contributed by atoms with Crippen LogP contribution in [0.15, 0.2) is 52.1 Å². The molecule has 3 rings (SSSR count). The summed E-state index contributed by atoms with van der Waals surface area (Å²) in [5.74, 6) is -1.35. The number of carbonyl (C=O) groups is 2. The second-order valence-corrected chi connectivity index (χ2v) is 8.34. The van der Waals surface area contributed by atoms with Crippen molar-refractivity contribution >= 4 is 45.9 Å². The van der Waals surface area contributed by atoms with Crippen LogP contribution in [0, 0.1) is 0 Å². The second-order valence-electron chi connectivity index (χ2n) is 7.49. The monoisotopic (exact) mass is 491 g/mol. The van der Waals surface area contributed by atoms with Gasteiger partial charge in [-0.05, 0) is 36.2 Å². The highest BCUT2D eigenvalue weighted by atomic mass is 35.5. The minimum Gasteiger partial charge on any atom is -0.454 e. The predicted octanol–water partition coefficient (Wildman–Crippen LogP) is 3.24. The lowest BCUT2D eigenvalue weighted by molar-refractivity contribution is -0.149. The Hall–Kier alpha value is -3.10. The number of aromatic nitrogens is 2. The standard InChI is InChI=1S/C23H23Cl2N3O5/c1-2-5-14(16-9-8-15(24)10-19(16)25)11-26-20(29)13-33-21(30)12-28-23(32)18-7-4-3-6-17(18)22(31)27-28/h3-4,6-10,14H,2,5,11-13H2,1H3,(H,26,29)(H,27,31). The van der Waals surface area contributed by atoms with Gasteiger partial charge in [0.2, 0.25) is 0 Å². The van der Waals surface area contributed by atoms with Crippen LogP contribution in [0.3, 0.4) is 0 Å². The summed E-state index contributed by atoms with van der Waals surface area (Å²) < 4.78 is 5.84. The summed E-state index contributed by atoms with van der Waals surface area (Å²) in [6.45, 7) is 1.30. The van der Waals surface area contributed by atoms with Gasteiger partial charge in [-0.1, -0.05) is 54.7 Å². The molecule has 0 saturated heterocycles. The van der Waals surface area contributed by atoms with Gasteiger partial charge in [0.25, 0.3) is 17.0 Å². The van der Waals surface area contributed by atoms with E-state index in [1.807, 2.05) is 13.0 Å². The number of ether oxygens (including phenoxy) is 1. The second kappa shape index (κ2) is 11.2. The molecule has 0 aliphatic carbocycles. The van der Waals surface area contributed by atoms with Crippen molar-refractivity contribution in [1.29, 1.82) is 0 Å². The molecule has 1 aromatic heterocycles. The van der Waals surface area contributed by atoms with E-state index >= 15 is 0 Å². The maximum absolute atomic E-state index is 12.5. The first-order chi connectivity index (χ1) is 15.8. The van der Waals surface area contributed by atoms with E-state index in [-0.39, 0.29) is 16.7 Å². The lowest BCUT2D eigenvalue weighted by atomic mass is 9.94. The van der Waals surface area contributed by atoms with E-state index in [0.29, 0.717) is 16.6 Å². The van der Waals surface area contributed by atoms with Crippen LogP contribution in [0.4, 0.5) is 0 Å². The molecular weight excluding hydrogens is 469 g/mol. The van der Waals surface area contributed by atoms with Gasteiger partial charge in [0.15, 0.2) is 6.61 Å². The third-order valence-corrected chi connectivity index (χ3v) is 5.68. The molecule has 1 atom stereocenters. The van der Waals surface area contributed by atoms with Gasteiger partial charge in [-0.3, -0.25) is 24.3 Å². The van der Waals surface area contributed by atoms with Crippen LogP contribution in [0.25, 0.3) is 10.8 Å². The van der Waals surface area contributed by atoms with Crippen LogP contribution < -0.4 is 16.4 Å². The number of esters is 1. The maximum atomic E-state index is 12.5. The number of nitrogens with one attached hydrogen (secondary N) is 2. The fourth-order valence-electron chi connectivity index (χ4n) is 3.52. The van der Waals surface area contributed by atoms with Gasteiger partial charge in [0, 0.05) is 22.5 Å². The Bertz CT molecular complexity index is 1290. The number of amides is 1. The molecule has 1 heterocycles. The number of hydrogen-bond acceptors (Lipinski definition) is 5. The van der Waals surface area contributed by atoms with Crippen LogP contribution in [-0.4, -0.2) is 34.8 Å². The zero-order valence-electron chi connectivity index (χ0n) is 17.9. The van der Waals surface area contributed by atoms with E-state index < -0.39 is 36.1 Å². The van der Waals surface area contributed by atoms with Crippen molar-refractivity contribution < 1.29 is 14.3 Å². The summed E-state index contributed by atoms with van der Waals surface area (Å²) >= 11 is 12.3. The van der Waals surface area contributed by atoms with Crippen LogP contribution in [0.2, 0.25) is 10.0 Å². The first kappa shape index (κ1) is 24.5. The van der Waals surface area contributed by atoms with Gasteiger partial charge in [-0.2, -0.15) is 0 Å². The third-order valence-electron chi connectivity index (χ3n) is 5.12. The number of carbonyl (C=O) groups excluding carboxylic acids is 2. The summed E-state index contributed by atoms with van der Waals surface area (Å²) in [5, 5.41) is 6.56. The number of nitrogens with zero attached hydrogens (tertiary/aromatic N) is 1. The van der Waals surface area contributed by atoms with E-state index in [9.17, 15) is 19.2 Å². The summed E-state index contributed by atoms with van der Waals surface area (Å²) in [7, 11) is 0. The minimum absolute atomic E-state index is 0.0272. The molecular formula is C23H23Cl2N3O5. The van der Waals surface area contributed by atoms with Crippen molar-refractivity contribution in [3.05, 3.63) is 78.8 Å². The normalized spacial score (nSPS) is 11.8. The molecule has 0 fully saturated rings. The molecule has 1 unspecified atom stereocenters. The summed E-state index contributed by atoms with van der Waals surface area (Å²) in [4.78, 5) is 48.9. The Labute approximate surface area is 199 Å². The Balaban J connectivity index is 1.56. The fraction of sp³-hybridized carbons (Fsp3) is 0.304. The highest BCUT2D eigenvalue weighted by Crippen LogP contribution is 2.30. The Morgan fingerprint density at radius 3 is 2.55 bits per heavy atom. The van der Waals surface area contributed by atoms with Crippen LogP contribution in [0.5, 0.6) is 0 Å². The van der Waals surface area contributed by atoms with Crippen molar-refractivity contribution in [3.63, 3.8) is 0 Å². The lowest BCUT2D eigenvalue weighted by Gasteiger charge is -2.19. The summed E-state index contributed by atoms with van der Waals surface area (Å²) in [6.07, 6.45) is 1.67. The molecule has 0 saturated carbocycles. The van der Waals surface area contributed by atoms with E-state index in [1.54, 1.807) is 24.3 Å². The van der Waals surface area contributed by atoms with E-state index in [0.717, 1.165) is 23.1 Å². The van der Waals surface area contributed by atoms with E-state index in [1.165, 1.54) is 12.1 Å². The van der Waals surface area contributed by atoms with Gasteiger partial charge in [0.1, 0.15) is 6.54 Å². The topological polar surface area (TPSA) is 110 Å². The van der Waals surface area contributed by atoms with E-state index in [2.05, 4.69) is 10.4 Å². The van der Waals surface area contributed by atoms with Crippen LogP contribution >= 0.6 is 23.2 Å². The molecule has 0 radical (unpaired) electrons. The molecule has 0 aliphatic heterocycles. The molecule has 2 N–H and O–H groups in total. The molecule has 33 heavy (non-hydrogen) atoms. The minimum atomic E-state index is -0.830. The molecule has 10 heteroatoms. The van der Waals surface area contributed by atoms with Gasteiger partial charge in [-0.15, -0.1) is 0 Å². The lowest BCUT2D eigenvalue weighted by Crippen LogP contribution is -2.35. The first-order valence-corrected chi connectivity index (χ1v) is 11.1.